The fraction of sp³-hybridized carbons (Fsp3) is 0.316. The second-order valence-electron chi connectivity index (χ2n) is 6.49. The molecule has 0 unspecified atom stereocenters. The molecule has 1 aliphatic rings. The third-order valence-corrected chi connectivity index (χ3v) is 4.78. The minimum Gasteiger partial charge on any atom is -0.497 e. The van der Waals surface area contributed by atoms with Gasteiger partial charge in [0, 0.05) is 11.8 Å². The molecule has 1 aromatic heterocycles. The molecule has 0 bridgehead atoms. The number of rotatable bonds is 6. The van der Waals surface area contributed by atoms with E-state index in [-0.39, 0.29) is 6.79 Å². The van der Waals surface area contributed by atoms with Crippen LogP contribution in [-0.4, -0.2) is 34.1 Å². The van der Waals surface area contributed by atoms with Crippen molar-refractivity contribution in [2.45, 2.75) is 25.8 Å². The molecule has 0 saturated carbocycles. The predicted octanol–water partition coefficient (Wildman–Crippen LogP) is 3.14. The van der Waals surface area contributed by atoms with Crippen LogP contribution in [0.15, 0.2) is 42.5 Å². The molecule has 2 heterocycles. The lowest BCUT2D eigenvalue weighted by atomic mass is 9.97. The minimum atomic E-state index is -0.489. The average molecular weight is 367 g/mol. The van der Waals surface area contributed by atoms with E-state index in [0.717, 1.165) is 35.0 Å². The van der Waals surface area contributed by atoms with Gasteiger partial charge >= 0.3 is 0 Å². The van der Waals surface area contributed by atoms with E-state index in [4.69, 9.17) is 14.2 Å². The average Bonchev–Trinajstić information content (AvgIpc) is 3.37. The zero-order chi connectivity index (χ0) is 18.9. The summed E-state index contributed by atoms with van der Waals surface area (Å²) in [6.07, 6.45) is 0.776. The van der Waals surface area contributed by atoms with Gasteiger partial charge in [0.1, 0.15) is 5.75 Å². The van der Waals surface area contributed by atoms with Gasteiger partial charge in [0.15, 0.2) is 17.3 Å². The Morgan fingerprint density at radius 3 is 2.67 bits per heavy atom. The van der Waals surface area contributed by atoms with Crippen LogP contribution in [-0.2, 0) is 5.54 Å². The number of hydrogen-bond acceptors (Lipinski definition) is 7. The molecule has 3 aromatic rings. The van der Waals surface area contributed by atoms with Crippen LogP contribution in [0.5, 0.6) is 17.2 Å². The number of methoxy groups -OCH3 is 1. The topological polar surface area (TPSA) is 83.3 Å². The first-order chi connectivity index (χ1) is 13.1. The first-order valence-electron chi connectivity index (χ1n) is 8.74. The molecule has 0 amide bonds. The number of aromatic nitrogens is 4. The summed E-state index contributed by atoms with van der Waals surface area (Å²) in [7, 11) is 1.64. The summed E-state index contributed by atoms with van der Waals surface area (Å²) in [4.78, 5) is 0. The van der Waals surface area contributed by atoms with E-state index in [1.165, 1.54) is 0 Å². The number of nitrogens with one attached hydrogen (secondary N) is 1. The third kappa shape index (κ3) is 3.14. The van der Waals surface area contributed by atoms with Crippen molar-refractivity contribution >= 4 is 5.69 Å². The van der Waals surface area contributed by atoms with Crippen LogP contribution in [0.2, 0.25) is 0 Å². The summed E-state index contributed by atoms with van der Waals surface area (Å²) in [5, 5.41) is 15.9. The van der Waals surface area contributed by atoms with E-state index in [0.29, 0.717) is 5.82 Å². The van der Waals surface area contributed by atoms with Crippen LogP contribution in [0.4, 0.5) is 5.69 Å². The van der Waals surface area contributed by atoms with Crippen molar-refractivity contribution in [3.05, 3.63) is 48.3 Å². The Hall–Kier alpha value is -3.29. The van der Waals surface area contributed by atoms with E-state index in [1.807, 2.05) is 42.5 Å². The fourth-order valence-corrected chi connectivity index (χ4v) is 3.02. The fourth-order valence-electron chi connectivity index (χ4n) is 3.02. The van der Waals surface area contributed by atoms with E-state index >= 15 is 0 Å². The van der Waals surface area contributed by atoms with Crippen molar-refractivity contribution in [2.75, 3.05) is 19.2 Å². The summed E-state index contributed by atoms with van der Waals surface area (Å²) >= 11 is 0. The highest BCUT2D eigenvalue weighted by molar-refractivity contribution is 5.57. The lowest BCUT2D eigenvalue weighted by Gasteiger charge is -2.29. The molecule has 0 fully saturated rings. The number of fused-ring (bicyclic) bond motifs is 1. The van der Waals surface area contributed by atoms with Crippen LogP contribution in [0.3, 0.4) is 0 Å². The minimum absolute atomic E-state index is 0.250. The third-order valence-electron chi connectivity index (χ3n) is 4.78. The van der Waals surface area contributed by atoms with E-state index in [9.17, 15) is 0 Å². The molecule has 27 heavy (non-hydrogen) atoms. The van der Waals surface area contributed by atoms with Gasteiger partial charge in [0.25, 0.3) is 0 Å². The van der Waals surface area contributed by atoms with Crippen molar-refractivity contribution in [1.29, 1.82) is 0 Å². The van der Waals surface area contributed by atoms with Crippen LogP contribution in [0, 0.1) is 0 Å². The van der Waals surface area contributed by atoms with E-state index in [2.05, 4.69) is 34.7 Å². The van der Waals surface area contributed by atoms with Crippen molar-refractivity contribution in [1.82, 2.24) is 20.2 Å². The highest BCUT2D eigenvalue weighted by Crippen LogP contribution is 2.37. The first kappa shape index (κ1) is 17.1. The zero-order valence-electron chi connectivity index (χ0n) is 15.5. The second-order valence-corrected chi connectivity index (χ2v) is 6.49. The molecule has 140 valence electrons. The standard InChI is InChI=1S/C19H21N5O3/c1-4-19(2,20-13-5-10-16-17(11-13)27-12-26-16)18-21-22-23-24(18)14-6-8-15(25-3)9-7-14/h5-11,20H,4,12H2,1-3H3/t19-/m1/s1. The molecule has 0 radical (unpaired) electrons. The van der Waals surface area contributed by atoms with Gasteiger partial charge in [0.05, 0.1) is 18.3 Å². The van der Waals surface area contributed by atoms with E-state index < -0.39 is 5.54 Å². The summed E-state index contributed by atoms with van der Waals surface area (Å²) in [6, 6.07) is 13.4. The number of benzene rings is 2. The lowest BCUT2D eigenvalue weighted by molar-refractivity contribution is 0.174. The smallest absolute Gasteiger partial charge is 0.231 e. The Labute approximate surface area is 157 Å². The zero-order valence-corrected chi connectivity index (χ0v) is 15.5. The Kier molecular flexibility index (Phi) is 4.31. The monoisotopic (exact) mass is 367 g/mol. The van der Waals surface area contributed by atoms with Gasteiger partial charge < -0.3 is 19.5 Å². The van der Waals surface area contributed by atoms with Gasteiger partial charge in [-0.05, 0) is 60.2 Å². The van der Waals surface area contributed by atoms with Gasteiger partial charge in [-0.3, -0.25) is 0 Å². The molecule has 8 heteroatoms. The van der Waals surface area contributed by atoms with Crippen molar-refractivity contribution in [3.8, 4) is 22.9 Å². The molecule has 1 N–H and O–H groups in total. The van der Waals surface area contributed by atoms with Crippen molar-refractivity contribution in [3.63, 3.8) is 0 Å². The normalized spacial score (nSPS) is 14.6. The Balaban J connectivity index is 1.66. The summed E-state index contributed by atoms with van der Waals surface area (Å²) in [5.41, 5.74) is 1.28. The van der Waals surface area contributed by atoms with Crippen molar-refractivity contribution in [2.24, 2.45) is 0 Å². The van der Waals surface area contributed by atoms with Crippen LogP contribution >= 0.6 is 0 Å². The molecule has 1 atom stereocenters. The number of tetrazole rings is 1. The first-order valence-corrected chi connectivity index (χ1v) is 8.74. The summed E-state index contributed by atoms with van der Waals surface area (Å²) < 4.78 is 17.8. The molecular weight excluding hydrogens is 346 g/mol. The molecule has 0 aliphatic carbocycles. The highest BCUT2D eigenvalue weighted by atomic mass is 16.7. The largest absolute Gasteiger partial charge is 0.497 e. The number of nitrogens with zero attached hydrogens (tertiary/aromatic N) is 4. The molecule has 8 nitrogen and oxygen atoms in total. The SMILES string of the molecule is CC[C@@](C)(Nc1ccc2c(c1)OCO2)c1nnnn1-c1ccc(OC)cc1. The number of ether oxygens (including phenoxy) is 3. The Morgan fingerprint density at radius 1 is 1.15 bits per heavy atom. The van der Waals surface area contributed by atoms with Gasteiger partial charge in [-0.15, -0.1) is 5.10 Å². The van der Waals surface area contributed by atoms with Gasteiger partial charge in [-0.1, -0.05) is 6.92 Å². The molecule has 2 aromatic carbocycles. The molecule has 0 saturated heterocycles. The highest BCUT2D eigenvalue weighted by Gasteiger charge is 2.32. The number of anilines is 1. The molecular formula is C19H21N5O3. The molecule has 1 aliphatic heterocycles. The van der Waals surface area contributed by atoms with Gasteiger partial charge in [-0.2, -0.15) is 4.68 Å². The maximum atomic E-state index is 5.47. The number of hydrogen-bond donors (Lipinski definition) is 1. The maximum absolute atomic E-state index is 5.47. The quantitative estimate of drug-likeness (QED) is 0.716. The molecule has 0 spiro atoms. The summed E-state index contributed by atoms with van der Waals surface area (Å²) in [6.45, 7) is 4.41. The van der Waals surface area contributed by atoms with Crippen molar-refractivity contribution < 1.29 is 14.2 Å². The van der Waals surface area contributed by atoms with Gasteiger partial charge in [-0.25, -0.2) is 0 Å². The van der Waals surface area contributed by atoms with Gasteiger partial charge in [0.2, 0.25) is 6.79 Å². The lowest BCUT2D eigenvalue weighted by Crippen LogP contribution is -2.34. The second kappa shape index (κ2) is 6.79. The Morgan fingerprint density at radius 2 is 1.93 bits per heavy atom. The molecule has 4 rings (SSSR count). The van der Waals surface area contributed by atoms with Crippen LogP contribution < -0.4 is 19.5 Å². The Bertz CT molecular complexity index is 941. The van der Waals surface area contributed by atoms with E-state index in [1.54, 1.807) is 11.8 Å². The maximum Gasteiger partial charge on any atom is 0.231 e. The summed E-state index contributed by atoms with van der Waals surface area (Å²) in [5.74, 6) is 2.98. The van der Waals surface area contributed by atoms with Crippen LogP contribution in [0.1, 0.15) is 26.1 Å². The predicted molar refractivity (Wildman–Crippen MR) is 99.5 cm³/mol. The van der Waals surface area contributed by atoms with Crippen LogP contribution in [0.25, 0.3) is 5.69 Å².